The number of pyridine rings is 1. The van der Waals surface area contributed by atoms with E-state index in [0.717, 1.165) is 52.9 Å². The average molecular weight is 574 g/mol. The molecule has 0 bridgehead atoms. The van der Waals surface area contributed by atoms with E-state index < -0.39 is 22.1 Å². The molecule has 1 aliphatic carbocycles. The highest BCUT2D eigenvalue weighted by atomic mass is 32.2. The van der Waals surface area contributed by atoms with Crippen molar-refractivity contribution in [2.45, 2.75) is 49.6 Å². The van der Waals surface area contributed by atoms with Crippen LogP contribution in [0.1, 0.15) is 30.4 Å². The molecular formula is C32H33N2O6S+. The number of hydrogen-bond acceptors (Lipinski definition) is 5. The maximum Gasteiger partial charge on any atom is 0.320 e. The van der Waals surface area contributed by atoms with Crippen LogP contribution in [0.5, 0.6) is 5.75 Å². The Morgan fingerprint density at radius 2 is 1.68 bits per heavy atom. The number of unbranched alkanes of at least 4 members (excludes halogenated alkanes) is 1. The predicted molar refractivity (Wildman–Crippen MR) is 156 cm³/mol. The number of aromatic nitrogens is 1. The summed E-state index contributed by atoms with van der Waals surface area (Å²) in [5, 5.41) is 9.21. The van der Waals surface area contributed by atoms with Gasteiger partial charge in [-0.2, -0.15) is 13.0 Å². The van der Waals surface area contributed by atoms with Crippen molar-refractivity contribution >= 4 is 16.1 Å². The van der Waals surface area contributed by atoms with Crippen LogP contribution in [0.25, 0.3) is 33.6 Å². The maximum absolute atomic E-state index is 12.3. The summed E-state index contributed by atoms with van der Waals surface area (Å²) >= 11 is 0. The van der Waals surface area contributed by atoms with Crippen molar-refractivity contribution < 1.29 is 32.2 Å². The van der Waals surface area contributed by atoms with E-state index in [1.54, 1.807) is 6.07 Å². The summed E-state index contributed by atoms with van der Waals surface area (Å²) in [7, 11) is -3.16. The SMILES string of the molecule is COc1ccc(-c2cc(-c3ccccc3)[n+](CCCCC(N)C(=O)O)c3c2CCc2ccccc2-3)cc1S(=O)(=O)O. The topological polar surface area (TPSA) is 131 Å². The lowest BCUT2D eigenvalue weighted by Crippen LogP contribution is -2.41. The Kier molecular flexibility index (Phi) is 8.21. The molecule has 1 heterocycles. The fourth-order valence-electron chi connectivity index (χ4n) is 5.64. The summed E-state index contributed by atoms with van der Waals surface area (Å²) in [6.07, 6.45) is 3.35. The molecule has 1 aromatic heterocycles. The van der Waals surface area contributed by atoms with E-state index in [4.69, 9.17) is 10.5 Å². The van der Waals surface area contributed by atoms with Crippen LogP contribution in [0.15, 0.2) is 83.8 Å². The Labute approximate surface area is 239 Å². The quantitative estimate of drug-likeness (QED) is 0.140. The second kappa shape index (κ2) is 11.8. The molecule has 0 radical (unpaired) electrons. The van der Waals surface area contributed by atoms with E-state index >= 15 is 0 Å². The zero-order valence-electron chi connectivity index (χ0n) is 22.8. The van der Waals surface area contributed by atoms with Crippen molar-refractivity contribution in [1.29, 1.82) is 0 Å². The van der Waals surface area contributed by atoms with Crippen LogP contribution in [0.2, 0.25) is 0 Å². The predicted octanol–water partition coefficient (Wildman–Crippen LogP) is 4.91. The van der Waals surface area contributed by atoms with E-state index in [1.807, 2.05) is 48.5 Å². The highest BCUT2D eigenvalue weighted by Gasteiger charge is 2.32. The molecule has 0 aliphatic heterocycles. The lowest BCUT2D eigenvalue weighted by molar-refractivity contribution is -0.676. The van der Waals surface area contributed by atoms with Crippen LogP contribution in [0, 0.1) is 0 Å². The normalized spacial score (nSPS) is 13.2. The number of methoxy groups -OCH3 is 1. The zero-order valence-corrected chi connectivity index (χ0v) is 23.6. The minimum absolute atomic E-state index is 0.0734. The van der Waals surface area contributed by atoms with E-state index in [0.29, 0.717) is 24.9 Å². The molecule has 0 spiro atoms. The molecule has 1 atom stereocenters. The molecule has 0 fully saturated rings. The van der Waals surface area contributed by atoms with E-state index in [1.165, 1.54) is 18.7 Å². The highest BCUT2D eigenvalue weighted by Crippen LogP contribution is 2.40. The summed E-state index contributed by atoms with van der Waals surface area (Å²) in [5.74, 6) is -0.925. The van der Waals surface area contributed by atoms with E-state index in [2.05, 4.69) is 22.8 Å². The summed E-state index contributed by atoms with van der Waals surface area (Å²) in [6.45, 7) is 0.645. The fraction of sp³-hybridized carbons (Fsp3) is 0.250. The van der Waals surface area contributed by atoms with Gasteiger partial charge in [0, 0.05) is 29.2 Å². The number of aliphatic carboxylic acids is 1. The highest BCUT2D eigenvalue weighted by molar-refractivity contribution is 7.86. The van der Waals surface area contributed by atoms with Gasteiger partial charge in [0.1, 0.15) is 23.2 Å². The molecule has 4 N–H and O–H groups in total. The van der Waals surface area contributed by atoms with Gasteiger partial charge in [-0.15, -0.1) is 0 Å². The monoisotopic (exact) mass is 573 g/mol. The average Bonchev–Trinajstić information content (AvgIpc) is 2.98. The third kappa shape index (κ3) is 5.88. The smallest absolute Gasteiger partial charge is 0.320 e. The van der Waals surface area contributed by atoms with Gasteiger partial charge in [-0.3, -0.25) is 9.35 Å². The third-order valence-corrected chi connectivity index (χ3v) is 8.53. The van der Waals surface area contributed by atoms with Gasteiger partial charge in [-0.1, -0.05) is 42.5 Å². The van der Waals surface area contributed by atoms with Crippen molar-refractivity contribution in [3.8, 4) is 39.4 Å². The lowest BCUT2D eigenvalue weighted by Gasteiger charge is -2.23. The van der Waals surface area contributed by atoms with Gasteiger partial charge in [0.05, 0.1) is 7.11 Å². The molecule has 3 aromatic carbocycles. The van der Waals surface area contributed by atoms with Gasteiger partial charge >= 0.3 is 5.97 Å². The first-order valence-electron chi connectivity index (χ1n) is 13.6. The maximum atomic E-state index is 12.3. The number of carboxylic acid groups (broad SMARTS) is 1. The number of aryl methyl sites for hydroxylation is 1. The summed E-state index contributed by atoms with van der Waals surface area (Å²) < 4.78 is 42.0. The van der Waals surface area contributed by atoms with E-state index in [-0.39, 0.29) is 10.6 Å². The van der Waals surface area contributed by atoms with Crippen LogP contribution < -0.4 is 15.0 Å². The van der Waals surface area contributed by atoms with Gasteiger partial charge in [-0.25, -0.2) is 0 Å². The Balaban J connectivity index is 1.74. The standard InChI is InChI=1S/C32H32N2O6S/c1-40-29-17-15-23(19-30(29)41(37,38)39)26-20-28(22-10-3-2-4-11-22)34(18-8-7-13-27(33)32(35)36)31-24-12-6-5-9-21(24)14-16-25(26)31/h2-6,9-12,15,17,19-20,27H,7-8,13-14,16,18,33H2,1H3,(H-,35,36,37,38,39)/p+1. The van der Waals surface area contributed by atoms with Gasteiger partial charge < -0.3 is 15.6 Å². The molecule has 1 unspecified atom stereocenters. The number of nitrogens with two attached hydrogens (primary N) is 1. The number of benzene rings is 3. The fourth-order valence-corrected chi connectivity index (χ4v) is 6.33. The van der Waals surface area contributed by atoms with Gasteiger partial charge in [-0.05, 0) is 72.7 Å². The van der Waals surface area contributed by atoms with Gasteiger partial charge in [0.25, 0.3) is 10.1 Å². The third-order valence-electron chi connectivity index (χ3n) is 7.66. The first-order valence-corrected chi connectivity index (χ1v) is 15.0. The second-order valence-electron chi connectivity index (χ2n) is 10.2. The van der Waals surface area contributed by atoms with Gasteiger partial charge in [0.2, 0.25) is 11.4 Å². The first kappa shape index (κ1) is 28.5. The van der Waals surface area contributed by atoms with Crippen molar-refractivity contribution in [3.63, 3.8) is 0 Å². The van der Waals surface area contributed by atoms with Gasteiger partial charge in [0.15, 0.2) is 0 Å². The lowest BCUT2D eigenvalue weighted by atomic mass is 9.83. The number of rotatable bonds is 10. The van der Waals surface area contributed by atoms with Crippen LogP contribution >= 0.6 is 0 Å². The molecule has 9 heteroatoms. The molecule has 5 rings (SSSR count). The van der Waals surface area contributed by atoms with Crippen LogP contribution in [0.3, 0.4) is 0 Å². The Morgan fingerprint density at radius 3 is 2.39 bits per heavy atom. The number of fused-ring (bicyclic) bond motifs is 3. The second-order valence-corrected chi connectivity index (χ2v) is 11.6. The number of hydrogen-bond donors (Lipinski definition) is 3. The summed E-state index contributed by atoms with van der Waals surface area (Å²) in [5.41, 5.74) is 13.7. The van der Waals surface area contributed by atoms with Crippen molar-refractivity contribution in [2.75, 3.05) is 7.11 Å². The zero-order chi connectivity index (χ0) is 29.1. The molecule has 41 heavy (non-hydrogen) atoms. The summed E-state index contributed by atoms with van der Waals surface area (Å²) in [6, 6.07) is 24.3. The Bertz CT molecular complexity index is 1700. The molecule has 0 saturated carbocycles. The largest absolute Gasteiger partial charge is 0.495 e. The molecule has 0 saturated heterocycles. The van der Waals surface area contributed by atoms with E-state index in [9.17, 15) is 22.9 Å². The minimum Gasteiger partial charge on any atom is -0.495 e. The minimum atomic E-state index is -4.53. The molecule has 8 nitrogen and oxygen atoms in total. The number of ether oxygens (including phenoxy) is 1. The number of carbonyl (C=O) groups is 1. The van der Waals surface area contributed by atoms with Crippen molar-refractivity contribution in [2.24, 2.45) is 5.73 Å². The molecule has 4 aromatic rings. The number of nitrogens with zero attached hydrogens (tertiary/aromatic N) is 1. The first-order chi connectivity index (χ1) is 19.7. The number of carboxylic acids is 1. The van der Waals surface area contributed by atoms with Crippen molar-refractivity contribution in [1.82, 2.24) is 0 Å². The molecule has 0 amide bonds. The Hall–Kier alpha value is -4.05. The Morgan fingerprint density at radius 1 is 0.951 bits per heavy atom. The molecule has 212 valence electrons. The van der Waals surface area contributed by atoms with Crippen LogP contribution in [-0.4, -0.2) is 37.2 Å². The summed E-state index contributed by atoms with van der Waals surface area (Å²) in [4.78, 5) is 11.0. The van der Waals surface area contributed by atoms with Crippen LogP contribution in [0.4, 0.5) is 0 Å². The molecular weight excluding hydrogens is 540 g/mol. The molecule has 1 aliphatic rings. The van der Waals surface area contributed by atoms with Crippen LogP contribution in [-0.2, 0) is 34.3 Å². The van der Waals surface area contributed by atoms with Crippen molar-refractivity contribution in [3.05, 3.63) is 90.0 Å².